The van der Waals surface area contributed by atoms with Crippen LogP contribution in [0.2, 0.25) is 0 Å². The van der Waals surface area contributed by atoms with E-state index in [1.165, 1.54) is 18.1 Å². The van der Waals surface area contributed by atoms with Crippen molar-refractivity contribution in [3.63, 3.8) is 0 Å². The third-order valence-corrected chi connectivity index (χ3v) is 2.15. The fraction of sp³-hybridized carbons (Fsp3) is 0.500. The molecule has 0 fully saturated rings. The van der Waals surface area contributed by atoms with Crippen molar-refractivity contribution in [2.75, 3.05) is 14.2 Å². The highest BCUT2D eigenvalue weighted by Gasteiger charge is 2.20. The number of hydrogen-bond donors (Lipinski definition) is 0. The molecule has 1 atom stereocenters. The lowest BCUT2D eigenvalue weighted by Gasteiger charge is -2.17. The molecule has 0 aliphatic carbocycles. The van der Waals surface area contributed by atoms with Gasteiger partial charge in [-0.05, 0) is 6.92 Å². The number of ether oxygens (including phenoxy) is 1. The highest BCUT2D eigenvalue weighted by Crippen LogP contribution is 2.08. The molecule has 16 heavy (non-hydrogen) atoms. The maximum Gasteiger partial charge on any atom is 0.276 e. The maximum atomic E-state index is 11.8. The van der Waals surface area contributed by atoms with Gasteiger partial charge in [-0.1, -0.05) is 5.16 Å². The number of hydrogen-bond acceptors (Lipinski definition) is 5. The Hall–Kier alpha value is -1.87. The minimum Gasteiger partial charge on any atom is -0.377 e. The molecular weight excluding hydrogens is 210 g/mol. The van der Waals surface area contributed by atoms with Gasteiger partial charge in [-0.25, -0.2) is 0 Å². The van der Waals surface area contributed by atoms with Crippen molar-refractivity contribution in [2.45, 2.75) is 19.6 Å². The van der Waals surface area contributed by atoms with Gasteiger partial charge in [0.1, 0.15) is 12.6 Å². The first-order valence-electron chi connectivity index (χ1n) is 4.71. The standard InChI is InChI=1S/C10H13N3O3/c1-7(5-11)13(2)10(14)9-4-8(6-15-3)16-12-9/h4,7H,6H2,1-3H3. The summed E-state index contributed by atoms with van der Waals surface area (Å²) in [6.07, 6.45) is 0. The van der Waals surface area contributed by atoms with Crippen LogP contribution in [-0.2, 0) is 11.3 Å². The molecular formula is C10H13N3O3. The van der Waals surface area contributed by atoms with Crippen LogP contribution >= 0.6 is 0 Å². The van der Waals surface area contributed by atoms with Crippen LogP contribution in [0, 0.1) is 11.3 Å². The average molecular weight is 223 g/mol. The van der Waals surface area contributed by atoms with E-state index in [1.807, 2.05) is 6.07 Å². The van der Waals surface area contributed by atoms with Gasteiger partial charge in [0.25, 0.3) is 5.91 Å². The number of carbonyl (C=O) groups is 1. The monoisotopic (exact) mass is 223 g/mol. The SMILES string of the molecule is COCc1cc(C(=O)N(C)C(C)C#N)no1. The smallest absolute Gasteiger partial charge is 0.276 e. The van der Waals surface area contributed by atoms with Gasteiger partial charge in [0.2, 0.25) is 0 Å². The maximum absolute atomic E-state index is 11.8. The zero-order valence-electron chi connectivity index (χ0n) is 9.43. The van der Waals surface area contributed by atoms with Crippen molar-refractivity contribution in [1.29, 1.82) is 5.26 Å². The molecule has 6 nitrogen and oxygen atoms in total. The molecule has 1 rings (SSSR count). The van der Waals surface area contributed by atoms with Gasteiger partial charge in [-0.2, -0.15) is 5.26 Å². The van der Waals surface area contributed by atoms with E-state index in [2.05, 4.69) is 5.16 Å². The third kappa shape index (κ3) is 2.58. The van der Waals surface area contributed by atoms with E-state index >= 15 is 0 Å². The summed E-state index contributed by atoms with van der Waals surface area (Å²) in [6.45, 7) is 1.89. The Balaban J connectivity index is 2.77. The van der Waals surface area contributed by atoms with Crippen LogP contribution in [0.5, 0.6) is 0 Å². The van der Waals surface area contributed by atoms with E-state index in [0.29, 0.717) is 5.76 Å². The summed E-state index contributed by atoms with van der Waals surface area (Å²) in [6, 6.07) is 2.97. The Labute approximate surface area is 93.4 Å². The quantitative estimate of drug-likeness (QED) is 0.754. The fourth-order valence-corrected chi connectivity index (χ4v) is 1.07. The van der Waals surface area contributed by atoms with Gasteiger partial charge < -0.3 is 14.2 Å². The van der Waals surface area contributed by atoms with Crippen molar-refractivity contribution in [3.05, 3.63) is 17.5 Å². The summed E-state index contributed by atoms with van der Waals surface area (Å²) in [5, 5.41) is 12.3. The van der Waals surface area contributed by atoms with Gasteiger partial charge in [0, 0.05) is 20.2 Å². The van der Waals surface area contributed by atoms with Crippen LogP contribution < -0.4 is 0 Å². The normalized spacial score (nSPS) is 11.9. The molecule has 0 saturated heterocycles. The second-order valence-electron chi connectivity index (χ2n) is 3.33. The molecule has 0 spiro atoms. The number of methoxy groups -OCH3 is 1. The first-order valence-corrected chi connectivity index (χ1v) is 4.71. The predicted molar refractivity (Wildman–Crippen MR) is 54.4 cm³/mol. The topological polar surface area (TPSA) is 79.4 Å². The van der Waals surface area contributed by atoms with Crippen LogP contribution in [0.4, 0.5) is 0 Å². The van der Waals surface area contributed by atoms with E-state index in [0.717, 1.165) is 0 Å². The Morgan fingerprint density at radius 2 is 2.50 bits per heavy atom. The van der Waals surface area contributed by atoms with Gasteiger partial charge >= 0.3 is 0 Å². The van der Waals surface area contributed by atoms with Crippen molar-refractivity contribution < 1.29 is 14.1 Å². The number of nitrogens with zero attached hydrogens (tertiary/aromatic N) is 3. The fourth-order valence-electron chi connectivity index (χ4n) is 1.07. The number of rotatable bonds is 4. The molecule has 1 heterocycles. The minimum absolute atomic E-state index is 0.177. The largest absolute Gasteiger partial charge is 0.377 e. The Morgan fingerprint density at radius 1 is 1.81 bits per heavy atom. The lowest BCUT2D eigenvalue weighted by atomic mass is 10.3. The molecule has 0 bridgehead atoms. The molecule has 0 aliphatic heterocycles. The van der Waals surface area contributed by atoms with Crippen LogP contribution in [0.15, 0.2) is 10.6 Å². The molecule has 0 radical (unpaired) electrons. The van der Waals surface area contributed by atoms with E-state index in [-0.39, 0.29) is 18.2 Å². The van der Waals surface area contributed by atoms with E-state index in [9.17, 15) is 4.79 Å². The van der Waals surface area contributed by atoms with Crippen LogP contribution in [0.3, 0.4) is 0 Å². The highest BCUT2D eigenvalue weighted by molar-refractivity contribution is 5.92. The van der Waals surface area contributed by atoms with Crippen molar-refractivity contribution in [1.82, 2.24) is 10.1 Å². The second kappa shape index (κ2) is 5.28. The summed E-state index contributed by atoms with van der Waals surface area (Å²) in [5.74, 6) is 0.129. The van der Waals surface area contributed by atoms with Crippen LogP contribution in [0.25, 0.3) is 0 Å². The molecule has 1 unspecified atom stereocenters. The molecule has 0 aliphatic rings. The summed E-state index contributed by atoms with van der Waals surface area (Å²) in [7, 11) is 3.06. The van der Waals surface area contributed by atoms with E-state index in [1.54, 1.807) is 14.0 Å². The van der Waals surface area contributed by atoms with Crippen LogP contribution in [0.1, 0.15) is 23.2 Å². The second-order valence-corrected chi connectivity index (χ2v) is 3.33. The number of amides is 1. The first kappa shape index (κ1) is 12.2. The Morgan fingerprint density at radius 3 is 3.06 bits per heavy atom. The van der Waals surface area contributed by atoms with Gasteiger partial charge in [0.15, 0.2) is 11.5 Å². The lowest BCUT2D eigenvalue weighted by Crippen LogP contribution is -2.34. The predicted octanol–water partition coefficient (Wildman–Crippen LogP) is 0.805. The average Bonchev–Trinajstić information content (AvgIpc) is 2.75. The molecule has 1 amide bonds. The van der Waals surface area contributed by atoms with E-state index in [4.69, 9.17) is 14.5 Å². The number of carbonyl (C=O) groups excluding carboxylic acids is 1. The van der Waals surface area contributed by atoms with E-state index < -0.39 is 6.04 Å². The van der Waals surface area contributed by atoms with Gasteiger partial charge in [0.05, 0.1) is 6.07 Å². The Bertz CT molecular complexity index is 408. The van der Waals surface area contributed by atoms with Crippen molar-refractivity contribution >= 4 is 5.91 Å². The first-order chi connectivity index (χ1) is 7.60. The molecule has 0 N–H and O–H groups in total. The lowest BCUT2D eigenvalue weighted by molar-refractivity contribution is 0.0762. The van der Waals surface area contributed by atoms with Crippen molar-refractivity contribution in [3.8, 4) is 6.07 Å². The van der Waals surface area contributed by atoms with Gasteiger partial charge in [-0.3, -0.25) is 4.79 Å². The summed E-state index contributed by atoms with van der Waals surface area (Å²) in [5.41, 5.74) is 0.177. The van der Waals surface area contributed by atoms with Crippen molar-refractivity contribution in [2.24, 2.45) is 0 Å². The molecule has 1 aromatic heterocycles. The molecule has 6 heteroatoms. The molecule has 0 saturated carbocycles. The number of nitriles is 1. The minimum atomic E-state index is -0.505. The summed E-state index contributed by atoms with van der Waals surface area (Å²) >= 11 is 0. The van der Waals surface area contributed by atoms with Gasteiger partial charge in [-0.15, -0.1) is 0 Å². The molecule has 0 aromatic carbocycles. The van der Waals surface area contributed by atoms with Crippen LogP contribution in [-0.4, -0.2) is 36.2 Å². The zero-order chi connectivity index (χ0) is 12.1. The Kier molecular flexibility index (Phi) is 4.03. The highest BCUT2D eigenvalue weighted by atomic mass is 16.5. The third-order valence-electron chi connectivity index (χ3n) is 2.15. The zero-order valence-corrected chi connectivity index (χ0v) is 9.43. The summed E-state index contributed by atoms with van der Waals surface area (Å²) < 4.78 is 9.72. The number of aromatic nitrogens is 1. The molecule has 1 aromatic rings. The summed E-state index contributed by atoms with van der Waals surface area (Å²) in [4.78, 5) is 13.1. The molecule has 86 valence electrons.